The zero-order valence-corrected chi connectivity index (χ0v) is 16.1. The van der Waals surface area contributed by atoms with E-state index in [1.165, 1.54) is 12.1 Å². The molecule has 2 aromatic rings. The lowest BCUT2D eigenvalue weighted by Gasteiger charge is -2.16. The smallest absolute Gasteiger partial charge is 0.387 e. The normalized spacial score (nSPS) is 11.5. The Hall–Kier alpha value is -3.36. The molecular weight excluding hydrogens is 384 g/mol. The number of hydrogen-bond donors (Lipinski definition) is 3. The number of carbonyl (C=O) groups excluding carboxylic acids is 2. The van der Waals surface area contributed by atoms with Gasteiger partial charge in [0.15, 0.2) is 6.61 Å². The van der Waals surface area contributed by atoms with E-state index in [1.807, 2.05) is 6.92 Å². The average molecular weight is 407 g/mol. The average Bonchev–Trinajstić information content (AvgIpc) is 2.67. The van der Waals surface area contributed by atoms with Crippen LogP contribution in [0, 0.1) is 0 Å². The number of benzene rings is 2. The molecule has 0 radical (unpaired) electrons. The second-order valence-corrected chi connectivity index (χ2v) is 6.04. The molecule has 0 saturated carbocycles. The van der Waals surface area contributed by atoms with Crippen LogP contribution in [0.5, 0.6) is 11.5 Å². The van der Waals surface area contributed by atoms with Crippen molar-refractivity contribution in [3.05, 3.63) is 54.1 Å². The van der Waals surface area contributed by atoms with Crippen molar-refractivity contribution in [1.29, 1.82) is 0 Å². The number of amides is 3. The molecule has 0 spiro atoms. The van der Waals surface area contributed by atoms with Crippen LogP contribution in [0.15, 0.2) is 48.5 Å². The molecule has 7 nitrogen and oxygen atoms in total. The first kappa shape index (κ1) is 21.9. The van der Waals surface area contributed by atoms with Gasteiger partial charge in [0.1, 0.15) is 11.5 Å². The summed E-state index contributed by atoms with van der Waals surface area (Å²) in [6.07, 6.45) is 0. The minimum Gasteiger partial charge on any atom is -0.484 e. The molecule has 0 heterocycles. The number of urea groups is 1. The molecule has 9 heteroatoms. The first-order valence-corrected chi connectivity index (χ1v) is 8.99. The zero-order chi connectivity index (χ0) is 21.2. The van der Waals surface area contributed by atoms with E-state index in [4.69, 9.17) is 4.74 Å². The number of likely N-dealkylation sites (N-methyl/N-ethyl adjacent to an activating group) is 1. The second-order valence-electron chi connectivity index (χ2n) is 6.04. The highest BCUT2D eigenvalue weighted by molar-refractivity contribution is 5.89. The van der Waals surface area contributed by atoms with Gasteiger partial charge in [0.05, 0.1) is 6.04 Å². The van der Waals surface area contributed by atoms with Gasteiger partial charge in [0, 0.05) is 12.2 Å². The van der Waals surface area contributed by atoms with Crippen LogP contribution in [0.4, 0.5) is 19.3 Å². The summed E-state index contributed by atoms with van der Waals surface area (Å²) >= 11 is 0. The van der Waals surface area contributed by atoms with Crippen LogP contribution in [0.25, 0.3) is 0 Å². The van der Waals surface area contributed by atoms with E-state index in [2.05, 4.69) is 20.7 Å². The number of carbonyl (C=O) groups is 2. The van der Waals surface area contributed by atoms with Gasteiger partial charge in [-0.1, -0.05) is 12.1 Å². The van der Waals surface area contributed by atoms with Crippen LogP contribution in [-0.4, -0.2) is 31.7 Å². The molecule has 2 aromatic carbocycles. The number of anilines is 1. The summed E-state index contributed by atoms with van der Waals surface area (Å²) < 4.78 is 34.4. The van der Waals surface area contributed by atoms with E-state index in [0.29, 0.717) is 23.5 Å². The van der Waals surface area contributed by atoms with Crippen molar-refractivity contribution in [3.63, 3.8) is 0 Å². The Morgan fingerprint density at radius 3 is 2.45 bits per heavy atom. The minimum absolute atomic E-state index is 0.0229. The Morgan fingerprint density at radius 1 is 1.07 bits per heavy atom. The van der Waals surface area contributed by atoms with Crippen LogP contribution < -0.4 is 25.4 Å². The third-order valence-electron chi connectivity index (χ3n) is 3.79. The maximum absolute atomic E-state index is 12.3. The van der Waals surface area contributed by atoms with Gasteiger partial charge in [-0.3, -0.25) is 4.79 Å². The molecule has 0 aliphatic heterocycles. The molecular formula is C20H23F2N3O4. The van der Waals surface area contributed by atoms with Crippen LogP contribution in [-0.2, 0) is 4.79 Å². The fraction of sp³-hybridized carbons (Fsp3) is 0.300. The Morgan fingerprint density at radius 2 is 1.79 bits per heavy atom. The highest BCUT2D eigenvalue weighted by Gasteiger charge is 2.12. The van der Waals surface area contributed by atoms with E-state index >= 15 is 0 Å². The Bertz CT molecular complexity index is 816. The predicted molar refractivity (Wildman–Crippen MR) is 104 cm³/mol. The molecule has 1 unspecified atom stereocenters. The van der Waals surface area contributed by atoms with E-state index < -0.39 is 18.7 Å². The van der Waals surface area contributed by atoms with E-state index in [0.717, 1.165) is 0 Å². The lowest BCUT2D eigenvalue weighted by Crippen LogP contribution is -2.31. The summed E-state index contributed by atoms with van der Waals surface area (Å²) in [4.78, 5) is 23.5. The first-order chi connectivity index (χ1) is 13.9. The van der Waals surface area contributed by atoms with Gasteiger partial charge in [-0.05, 0) is 55.8 Å². The molecule has 0 bridgehead atoms. The van der Waals surface area contributed by atoms with Gasteiger partial charge in [0.2, 0.25) is 0 Å². The summed E-state index contributed by atoms with van der Waals surface area (Å²) in [5.74, 6) is 0.298. The largest absolute Gasteiger partial charge is 0.484 e. The maximum Gasteiger partial charge on any atom is 0.387 e. The van der Waals surface area contributed by atoms with Crippen LogP contribution in [0.3, 0.4) is 0 Å². The highest BCUT2D eigenvalue weighted by atomic mass is 19.3. The molecule has 0 fully saturated rings. The van der Waals surface area contributed by atoms with Crippen LogP contribution in [0.1, 0.15) is 25.5 Å². The van der Waals surface area contributed by atoms with Gasteiger partial charge in [-0.15, -0.1) is 0 Å². The third kappa shape index (κ3) is 7.65. The molecule has 3 amide bonds. The second kappa shape index (κ2) is 10.8. The van der Waals surface area contributed by atoms with Crippen molar-refractivity contribution >= 4 is 17.6 Å². The molecule has 0 aliphatic rings. The monoisotopic (exact) mass is 407 g/mol. The molecule has 0 aliphatic carbocycles. The number of halogens is 2. The zero-order valence-electron chi connectivity index (χ0n) is 16.1. The highest BCUT2D eigenvalue weighted by Crippen LogP contribution is 2.21. The van der Waals surface area contributed by atoms with Gasteiger partial charge < -0.3 is 25.4 Å². The van der Waals surface area contributed by atoms with E-state index in [9.17, 15) is 18.4 Å². The number of hydrogen-bond acceptors (Lipinski definition) is 4. The summed E-state index contributed by atoms with van der Waals surface area (Å²) in [5, 5.41) is 8.01. The third-order valence-corrected chi connectivity index (χ3v) is 3.79. The van der Waals surface area contributed by atoms with Gasteiger partial charge in [-0.25, -0.2) is 4.79 Å². The van der Waals surface area contributed by atoms with Gasteiger partial charge in [0.25, 0.3) is 5.91 Å². The first-order valence-electron chi connectivity index (χ1n) is 8.99. The number of alkyl halides is 2. The van der Waals surface area contributed by atoms with Crippen LogP contribution in [0.2, 0.25) is 0 Å². The van der Waals surface area contributed by atoms with Crippen molar-refractivity contribution in [2.75, 3.05) is 18.5 Å². The maximum atomic E-state index is 12.3. The summed E-state index contributed by atoms with van der Waals surface area (Å²) in [6, 6.07) is 11.8. The van der Waals surface area contributed by atoms with Crippen molar-refractivity contribution in [1.82, 2.24) is 10.6 Å². The van der Waals surface area contributed by atoms with Crippen molar-refractivity contribution in [3.8, 4) is 11.5 Å². The SMILES string of the molecule is CCNC(=O)COc1ccc(NC(=O)NC(C)c2cccc(OC(F)F)c2)cc1. The molecule has 0 aromatic heterocycles. The number of nitrogens with one attached hydrogen (secondary N) is 3. The Kier molecular flexibility index (Phi) is 8.20. The summed E-state index contributed by atoms with van der Waals surface area (Å²) in [7, 11) is 0. The fourth-order valence-corrected chi connectivity index (χ4v) is 2.44. The number of ether oxygens (including phenoxy) is 2. The predicted octanol–water partition coefficient (Wildman–Crippen LogP) is 3.69. The molecule has 0 saturated heterocycles. The van der Waals surface area contributed by atoms with Gasteiger partial charge >= 0.3 is 12.6 Å². The van der Waals surface area contributed by atoms with Gasteiger partial charge in [-0.2, -0.15) is 8.78 Å². The quantitative estimate of drug-likeness (QED) is 0.592. The molecule has 1 atom stereocenters. The topological polar surface area (TPSA) is 88.7 Å². The molecule has 2 rings (SSSR count). The molecule has 156 valence electrons. The van der Waals surface area contributed by atoms with Crippen LogP contribution >= 0.6 is 0 Å². The fourth-order valence-electron chi connectivity index (χ4n) is 2.44. The minimum atomic E-state index is -2.91. The van der Waals surface area contributed by atoms with Crippen molar-refractivity contribution in [2.24, 2.45) is 0 Å². The Labute approximate surface area is 167 Å². The molecule has 3 N–H and O–H groups in total. The standard InChI is InChI=1S/C20H23F2N3O4/c1-3-23-18(26)12-28-16-9-7-15(8-10-16)25-20(27)24-13(2)14-5-4-6-17(11-14)29-19(21)22/h4-11,13,19H,3,12H2,1-2H3,(H,23,26)(H2,24,25,27). The number of rotatable bonds is 9. The van der Waals surface area contributed by atoms with E-state index in [-0.39, 0.29) is 18.3 Å². The lowest BCUT2D eigenvalue weighted by molar-refractivity contribution is -0.122. The lowest BCUT2D eigenvalue weighted by atomic mass is 10.1. The van der Waals surface area contributed by atoms with E-state index in [1.54, 1.807) is 43.3 Å². The molecule has 29 heavy (non-hydrogen) atoms. The van der Waals surface area contributed by atoms with Crippen molar-refractivity contribution in [2.45, 2.75) is 26.5 Å². The summed E-state index contributed by atoms with van der Waals surface area (Å²) in [6.45, 7) is 1.07. The Balaban J connectivity index is 1.86. The summed E-state index contributed by atoms with van der Waals surface area (Å²) in [5.41, 5.74) is 1.14. The van der Waals surface area contributed by atoms with Crippen molar-refractivity contribution < 1.29 is 27.8 Å².